The van der Waals surface area contributed by atoms with Crippen molar-refractivity contribution in [2.75, 3.05) is 6.26 Å². The van der Waals surface area contributed by atoms with Crippen LogP contribution < -0.4 is 0 Å². The molecule has 0 amide bonds. The third kappa shape index (κ3) is 3.40. The van der Waals surface area contributed by atoms with Gasteiger partial charge in [-0.25, -0.2) is 0 Å². The summed E-state index contributed by atoms with van der Waals surface area (Å²) in [6.07, 6.45) is 2.02. The van der Waals surface area contributed by atoms with E-state index >= 15 is 0 Å². The van der Waals surface area contributed by atoms with E-state index in [1.807, 2.05) is 20.1 Å². The minimum Gasteiger partial charge on any atom is -0.464 e. The first-order valence-corrected chi connectivity index (χ1v) is 4.13. The molecule has 0 rings (SSSR count). The van der Waals surface area contributed by atoms with E-state index in [0.29, 0.717) is 11.7 Å². The maximum Gasteiger partial charge on any atom is 0.293 e. The van der Waals surface area contributed by atoms with Gasteiger partial charge >= 0.3 is 0 Å². The summed E-state index contributed by atoms with van der Waals surface area (Å²) in [6.45, 7) is 4.41. The van der Waals surface area contributed by atoms with Gasteiger partial charge in [0.2, 0.25) is 0 Å². The maximum absolute atomic E-state index is 9.80. The van der Waals surface area contributed by atoms with E-state index in [9.17, 15) is 4.79 Å². The van der Waals surface area contributed by atoms with Crippen molar-refractivity contribution in [3.63, 3.8) is 0 Å². The van der Waals surface area contributed by atoms with Crippen LogP contribution in [0.1, 0.15) is 13.8 Å². The Kier molecular flexibility index (Phi) is 4.58. The first-order valence-electron chi connectivity index (χ1n) is 2.84. The van der Waals surface area contributed by atoms with Crippen LogP contribution in [0.4, 0.5) is 0 Å². The molecule has 0 aliphatic carbocycles. The molecule has 54 valence electrons. The second-order valence-corrected chi connectivity index (χ2v) is 3.09. The lowest BCUT2D eigenvalue weighted by atomic mass is 10.3. The number of hydrogen-bond donors (Lipinski definition) is 0. The third-order valence-electron chi connectivity index (χ3n) is 1.30. The fourth-order valence-electron chi connectivity index (χ4n) is 0.390. The number of thioether (sulfide) groups is 1. The van der Waals surface area contributed by atoms with Gasteiger partial charge in [0.05, 0.1) is 0 Å². The Morgan fingerprint density at radius 3 is 2.44 bits per heavy atom. The molecule has 0 heterocycles. The number of rotatable bonds is 4. The number of carbonyl (C=O) groups excluding carboxylic acids is 1. The summed E-state index contributed by atoms with van der Waals surface area (Å²) in [5.74, 6) is 0. The molecule has 9 heavy (non-hydrogen) atoms. The second-order valence-electron chi connectivity index (χ2n) is 1.88. The van der Waals surface area contributed by atoms with Crippen molar-refractivity contribution in [1.82, 2.24) is 0 Å². The van der Waals surface area contributed by atoms with Crippen molar-refractivity contribution < 1.29 is 9.53 Å². The van der Waals surface area contributed by atoms with E-state index in [0.717, 1.165) is 0 Å². The van der Waals surface area contributed by atoms with E-state index in [1.54, 1.807) is 11.8 Å². The first-order chi connectivity index (χ1) is 4.22. The standard InChI is InChI=1S/C6H12O2S/c1-5(8-4-7)6(2)9-3/h4-6H,1-3H3. The minimum atomic E-state index is 0.0255. The van der Waals surface area contributed by atoms with Gasteiger partial charge in [0.25, 0.3) is 6.47 Å². The zero-order valence-corrected chi connectivity index (χ0v) is 6.77. The summed E-state index contributed by atoms with van der Waals surface area (Å²) in [6, 6.07) is 0. The lowest BCUT2D eigenvalue weighted by Crippen LogP contribution is -2.18. The van der Waals surface area contributed by atoms with Gasteiger partial charge in [-0.1, -0.05) is 0 Å². The largest absolute Gasteiger partial charge is 0.464 e. The van der Waals surface area contributed by atoms with Crippen LogP contribution in [0.15, 0.2) is 0 Å². The van der Waals surface area contributed by atoms with Gasteiger partial charge in [0.1, 0.15) is 6.10 Å². The monoisotopic (exact) mass is 148 g/mol. The molecule has 0 saturated carbocycles. The van der Waals surface area contributed by atoms with Crippen molar-refractivity contribution in [3.8, 4) is 0 Å². The average Bonchev–Trinajstić information content (AvgIpc) is 1.87. The van der Waals surface area contributed by atoms with Crippen LogP contribution in [-0.2, 0) is 9.53 Å². The topological polar surface area (TPSA) is 26.3 Å². The second kappa shape index (κ2) is 4.68. The Morgan fingerprint density at radius 2 is 2.11 bits per heavy atom. The van der Waals surface area contributed by atoms with E-state index in [1.165, 1.54) is 0 Å². The van der Waals surface area contributed by atoms with Gasteiger partial charge in [-0.15, -0.1) is 0 Å². The van der Waals surface area contributed by atoms with Crippen LogP contribution in [0.5, 0.6) is 0 Å². The molecule has 2 atom stereocenters. The van der Waals surface area contributed by atoms with Crippen molar-refractivity contribution in [1.29, 1.82) is 0 Å². The van der Waals surface area contributed by atoms with Crippen molar-refractivity contribution in [3.05, 3.63) is 0 Å². The van der Waals surface area contributed by atoms with Crippen LogP contribution in [0.3, 0.4) is 0 Å². The van der Waals surface area contributed by atoms with Crippen molar-refractivity contribution in [2.45, 2.75) is 25.2 Å². The quantitative estimate of drug-likeness (QED) is 0.562. The van der Waals surface area contributed by atoms with E-state index in [4.69, 9.17) is 4.74 Å². The van der Waals surface area contributed by atoms with Gasteiger partial charge in [0, 0.05) is 5.25 Å². The molecule has 0 bridgehead atoms. The van der Waals surface area contributed by atoms with Gasteiger partial charge < -0.3 is 4.74 Å². The molecule has 0 aromatic heterocycles. The predicted octanol–water partition coefficient (Wildman–Crippen LogP) is 1.30. The molecule has 0 radical (unpaired) electrons. The molecule has 0 aliphatic heterocycles. The third-order valence-corrected chi connectivity index (χ3v) is 2.43. The maximum atomic E-state index is 9.80. The fraction of sp³-hybridized carbons (Fsp3) is 0.833. The molecule has 0 spiro atoms. The number of hydrogen-bond acceptors (Lipinski definition) is 3. The van der Waals surface area contributed by atoms with Gasteiger partial charge in [-0.3, -0.25) is 4.79 Å². The zero-order valence-electron chi connectivity index (χ0n) is 5.96. The number of ether oxygens (including phenoxy) is 1. The molecule has 0 aliphatic rings. The number of carbonyl (C=O) groups is 1. The molecule has 0 saturated heterocycles. The molecule has 0 aromatic carbocycles. The molecule has 0 N–H and O–H groups in total. The van der Waals surface area contributed by atoms with Crippen LogP contribution in [0, 0.1) is 0 Å². The van der Waals surface area contributed by atoms with Crippen molar-refractivity contribution >= 4 is 18.2 Å². The Hall–Kier alpha value is -0.180. The summed E-state index contributed by atoms with van der Waals surface area (Å²) in [4.78, 5) is 9.80. The molecule has 2 unspecified atom stereocenters. The molecular formula is C6H12O2S. The summed E-state index contributed by atoms with van der Waals surface area (Å²) < 4.78 is 4.69. The van der Waals surface area contributed by atoms with Gasteiger partial charge in [-0.05, 0) is 20.1 Å². The van der Waals surface area contributed by atoms with Gasteiger partial charge in [0.15, 0.2) is 0 Å². The van der Waals surface area contributed by atoms with E-state index in [2.05, 4.69) is 0 Å². The molecular weight excluding hydrogens is 136 g/mol. The normalized spacial score (nSPS) is 16.3. The first kappa shape index (κ1) is 8.82. The van der Waals surface area contributed by atoms with Crippen LogP contribution >= 0.6 is 11.8 Å². The summed E-state index contributed by atoms with van der Waals surface area (Å²) >= 11 is 1.69. The molecule has 3 heteroatoms. The Morgan fingerprint density at radius 1 is 1.56 bits per heavy atom. The summed E-state index contributed by atoms with van der Waals surface area (Å²) in [7, 11) is 0. The highest BCUT2D eigenvalue weighted by molar-refractivity contribution is 7.99. The van der Waals surface area contributed by atoms with Crippen LogP contribution in [0.25, 0.3) is 0 Å². The minimum absolute atomic E-state index is 0.0255. The molecule has 2 nitrogen and oxygen atoms in total. The van der Waals surface area contributed by atoms with Crippen LogP contribution in [-0.4, -0.2) is 24.1 Å². The molecule has 0 aromatic rings. The molecule has 0 fully saturated rings. The van der Waals surface area contributed by atoms with Crippen molar-refractivity contribution in [2.24, 2.45) is 0 Å². The lowest BCUT2D eigenvalue weighted by Gasteiger charge is -2.14. The zero-order chi connectivity index (χ0) is 7.28. The highest BCUT2D eigenvalue weighted by atomic mass is 32.2. The van der Waals surface area contributed by atoms with Crippen LogP contribution in [0.2, 0.25) is 0 Å². The average molecular weight is 148 g/mol. The summed E-state index contributed by atoms with van der Waals surface area (Å²) in [5, 5.41) is 0.384. The van der Waals surface area contributed by atoms with E-state index in [-0.39, 0.29) is 6.10 Å². The highest BCUT2D eigenvalue weighted by Crippen LogP contribution is 2.11. The smallest absolute Gasteiger partial charge is 0.293 e. The Balaban J connectivity index is 3.44. The predicted molar refractivity (Wildman–Crippen MR) is 39.6 cm³/mol. The van der Waals surface area contributed by atoms with E-state index < -0.39 is 0 Å². The lowest BCUT2D eigenvalue weighted by molar-refractivity contribution is -0.132. The Labute approximate surface area is 60.0 Å². The summed E-state index contributed by atoms with van der Waals surface area (Å²) in [5.41, 5.74) is 0. The fourth-order valence-corrected chi connectivity index (χ4v) is 0.837. The SMILES string of the molecule is CSC(C)C(C)OC=O. The highest BCUT2D eigenvalue weighted by Gasteiger charge is 2.09. The van der Waals surface area contributed by atoms with Gasteiger partial charge in [-0.2, -0.15) is 11.8 Å². The Bertz CT molecular complexity index is 85.1.